The van der Waals surface area contributed by atoms with Crippen molar-refractivity contribution in [3.63, 3.8) is 0 Å². The number of nitrogens with zero attached hydrogens (tertiary/aromatic N) is 4. The molecule has 0 aromatic carbocycles. The number of amides is 2. The molecule has 59 heavy (non-hydrogen) atoms. The zero-order valence-corrected chi connectivity index (χ0v) is 36.2. The Morgan fingerprint density at radius 3 is 2.31 bits per heavy atom. The molecule has 3 heterocycles. The summed E-state index contributed by atoms with van der Waals surface area (Å²) in [4.78, 5) is 87.8. The van der Waals surface area contributed by atoms with Gasteiger partial charge in [0.15, 0.2) is 22.8 Å². The second-order valence-corrected chi connectivity index (χ2v) is 19.5. The Balaban J connectivity index is 1.42. The number of unbranched alkanes of at least 4 members (excludes halogenated alkanes) is 6. The number of nitrogens with two attached hydrogens (primary N) is 1. The van der Waals surface area contributed by atoms with Crippen LogP contribution >= 0.6 is 35.2 Å². The average molecular weight is 922 g/mol. The summed E-state index contributed by atoms with van der Waals surface area (Å²) < 4.78 is 62.2. The van der Waals surface area contributed by atoms with E-state index in [1.165, 1.54) is 39.5 Å². The molecule has 10 N–H and O–H groups in total. The Morgan fingerprint density at radius 1 is 0.966 bits per heavy atom. The van der Waals surface area contributed by atoms with Crippen LogP contribution in [0.5, 0.6) is 0 Å². The third-order valence-corrected chi connectivity index (χ3v) is 12.8. The molecule has 1 saturated heterocycles. The van der Waals surface area contributed by atoms with E-state index < -0.39 is 84.6 Å². The minimum Gasteiger partial charge on any atom is -0.386 e. The highest BCUT2D eigenvalue weighted by atomic mass is 32.2. The van der Waals surface area contributed by atoms with E-state index in [0.29, 0.717) is 12.2 Å². The zero-order valence-electron chi connectivity index (χ0n) is 32.7. The molecule has 24 nitrogen and oxygen atoms in total. The van der Waals surface area contributed by atoms with Crippen LogP contribution in [0.1, 0.15) is 84.8 Å². The number of aliphatic hydroxyl groups excluding tert-OH is 2. The summed E-state index contributed by atoms with van der Waals surface area (Å²) in [6, 6.07) is 0. The number of phosphoric ester groups is 3. The van der Waals surface area contributed by atoms with E-state index in [0.717, 1.165) is 48.2 Å². The number of aromatic nitrogens is 4. The largest absolute Gasteiger partial charge is 0.481 e. The first kappa shape index (κ1) is 50.9. The molecule has 2 amide bonds. The topological polar surface area (TPSA) is 364 Å². The minimum absolute atomic E-state index is 0.0329. The van der Waals surface area contributed by atoms with Crippen LogP contribution in [0, 0.1) is 5.41 Å². The van der Waals surface area contributed by atoms with Crippen LogP contribution in [-0.2, 0) is 50.7 Å². The summed E-state index contributed by atoms with van der Waals surface area (Å²) >= 11 is 1.14. The molecule has 7 atom stereocenters. The number of carbonyl (C=O) groups is 3. The SMILES string of the molecule is CCCCCCCCCC(=O)SCCNC(=O)CCNC(=O)[C@@H](O)C(C)(C)COP(=O)(O)OP(=O)(O)OC[C@@H]1O[C@H](n2cnc3c(N)ncnc32)C(O)C1OP(=O)(O)O. The summed E-state index contributed by atoms with van der Waals surface area (Å²) in [5, 5.41) is 26.5. The number of carbonyl (C=O) groups excluding carboxylic acids is 3. The molecule has 1 aliphatic rings. The van der Waals surface area contributed by atoms with Gasteiger partial charge in [-0.3, -0.25) is 32.5 Å². The van der Waals surface area contributed by atoms with Gasteiger partial charge in [-0.05, 0) is 6.42 Å². The highest BCUT2D eigenvalue weighted by Gasteiger charge is 2.50. The maximum absolute atomic E-state index is 12.7. The number of phosphoric acid groups is 3. The third kappa shape index (κ3) is 17.1. The molecule has 4 unspecified atom stereocenters. The van der Waals surface area contributed by atoms with Crippen LogP contribution in [0.3, 0.4) is 0 Å². The van der Waals surface area contributed by atoms with Crippen molar-refractivity contribution >= 4 is 69.1 Å². The molecule has 28 heteroatoms. The van der Waals surface area contributed by atoms with Gasteiger partial charge in [0.1, 0.15) is 36.3 Å². The normalized spacial score (nSPS) is 21.2. The number of ether oxygens (including phenoxy) is 1. The quantitative estimate of drug-likeness (QED) is 0.0455. The second-order valence-electron chi connectivity index (χ2n) is 14.2. The first-order chi connectivity index (χ1) is 27.6. The van der Waals surface area contributed by atoms with Gasteiger partial charge >= 0.3 is 23.5 Å². The molecule has 2 aromatic heterocycles. The molecule has 0 saturated carbocycles. The predicted octanol–water partition coefficient (Wildman–Crippen LogP) is 1.81. The van der Waals surface area contributed by atoms with Crippen LogP contribution in [0.4, 0.5) is 5.82 Å². The van der Waals surface area contributed by atoms with Crippen LogP contribution in [0.2, 0.25) is 0 Å². The van der Waals surface area contributed by atoms with Gasteiger partial charge in [-0.15, -0.1) is 0 Å². The number of rotatable bonds is 27. The van der Waals surface area contributed by atoms with Crippen LogP contribution in [0.25, 0.3) is 11.2 Å². The maximum atomic E-state index is 12.7. The summed E-state index contributed by atoms with van der Waals surface area (Å²) in [7, 11) is -16.4. The minimum atomic E-state index is -5.57. The highest BCUT2D eigenvalue weighted by Crippen LogP contribution is 2.61. The van der Waals surface area contributed by atoms with Gasteiger partial charge in [0.05, 0.1) is 19.5 Å². The van der Waals surface area contributed by atoms with E-state index in [2.05, 4.69) is 41.3 Å². The van der Waals surface area contributed by atoms with Crippen molar-refractivity contribution in [2.45, 2.75) is 109 Å². The van der Waals surface area contributed by atoms with Crippen molar-refractivity contribution in [1.82, 2.24) is 30.2 Å². The molecule has 3 rings (SSSR count). The van der Waals surface area contributed by atoms with E-state index >= 15 is 0 Å². The molecule has 336 valence electrons. The van der Waals surface area contributed by atoms with Gasteiger partial charge in [-0.1, -0.05) is 71.1 Å². The molecular formula is C31H54N7O17P3S. The van der Waals surface area contributed by atoms with E-state index in [4.69, 9.17) is 19.5 Å². The summed E-state index contributed by atoms with van der Waals surface area (Å²) in [5.74, 6) is -1.03. The lowest BCUT2D eigenvalue weighted by atomic mass is 9.87. The Kier molecular flexibility index (Phi) is 20.0. The number of aliphatic hydroxyl groups is 2. The maximum Gasteiger partial charge on any atom is 0.481 e. The second kappa shape index (κ2) is 23.1. The number of nitrogen functional groups attached to an aromatic ring is 1. The predicted molar refractivity (Wildman–Crippen MR) is 210 cm³/mol. The molecule has 1 aliphatic heterocycles. The summed E-state index contributed by atoms with van der Waals surface area (Å²) in [6.07, 6.45) is 1.35. The molecule has 1 fully saturated rings. The van der Waals surface area contributed by atoms with Gasteiger partial charge in [-0.2, -0.15) is 4.31 Å². The first-order valence-corrected chi connectivity index (χ1v) is 24.1. The van der Waals surface area contributed by atoms with Crippen molar-refractivity contribution in [2.24, 2.45) is 5.41 Å². The standard InChI is InChI=1S/C31H54N7O17P3S/c1-4-5-6-7-8-9-10-11-22(40)59-15-14-33-21(39)12-13-34-29(43)26(42)31(2,3)17-52-58(49,50)55-57(47,48)51-16-20-25(54-56(44,45)46)24(41)30(53-20)38-19-37-23-27(32)35-18-36-28(23)38/h18-20,24-26,30,41-42H,4-17H2,1-3H3,(H,33,39)(H,34,43)(H,47,48)(H,49,50)(H2,32,35,36)(H2,44,45,46)/t20-,24?,25?,26+,30-/m0/s1. The Labute approximate surface area is 344 Å². The van der Waals surface area contributed by atoms with Crippen molar-refractivity contribution in [2.75, 3.05) is 37.8 Å². The van der Waals surface area contributed by atoms with E-state index in [1.807, 2.05) is 0 Å². The molecule has 2 aromatic rings. The number of anilines is 1. The van der Waals surface area contributed by atoms with Crippen molar-refractivity contribution in [3.8, 4) is 0 Å². The Bertz CT molecular complexity index is 1850. The fraction of sp³-hybridized carbons (Fsp3) is 0.742. The molecule has 0 aliphatic carbocycles. The van der Waals surface area contributed by atoms with Gasteiger partial charge < -0.3 is 50.9 Å². The van der Waals surface area contributed by atoms with Crippen LogP contribution in [-0.4, -0.2) is 123 Å². The van der Waals surface area contributed by atoms with Crippen molar-refractivity contribution < 1.29 is 80.5 Å². The van der Waals surface area contributed by atoms with E-state index in [-0.39, 0.29) is 41.6 Å². The summed E-state index contributed by atoms with van der Waals surface area (Å²) in [5.41, 5.74) is 4.28. The summed E-state index contributed by atoms with van der Waals surface area (Å²) in [6.45, 7) is 2.73. The fourth-order valence-corrected chi connectivity index (χ4v) is 9.14. The number of imidazole rings is 1. The van der Waals surface area contributed by atoms with E-state index in [1.54, 1.807) is 0 Å². The molecule has 0 spiro atoms. The zero-order chi connectivity index (χ0) is 44.0. The fourth-order valence-electron chi connectivity index (χ4n) is 5.59. The van der Waals surface area contributed by atoms with Gasteiger partial charge in [0.2, 0.25) is 11.8 Å². The van der Waals surface area contributed by atoms with Crippen LogP contribution in [0.15, 0.2) is 12.7 Å². The van der Waals surface area contributed by atoms with E-state index in [9.17, 15) is 57.9 Å². The monoisotopic (exact) mass is 921 g/mol. The average Bonchev–Trinajstić information content (AvgIpc) is 3.71. The van der Waals surface area contributed by atoms with Gasteiger partial charge in [-0.25, -0.2) is 28.6 Å². The molecule has 0 radical (unpaired) electrons. The smallest absolute Gasteiger partial charge is 0.386 e. The lowest BCUT2D eigenvalue weighted by Crippen LogP contribution is -2.46. The number of hydrogen-bond donors (Lipinski definition) is 9. The first-order valence-electron chi connectivity index (χ1n) is 18.6. The van der Waals surface area contributed by atoms with Crippen LogP contribution < -0.4 is 16.4 Å². The molecule has 0 bridgehead atoms. The number of thioether (sulfide) groups is 1. The number of hydrogen-bond acceptors (Lipinski definition) is 18. The lowest BCUT2D eigenvalue weighted by Gasteiger charge is -2.30. The molecular weight excluding hydrogens is 867 g/mol. The third-order valence-electron chi connectivity index (χ3n) is 8.75. The lowest BCUT2D eigenvalue weighted by molar-refractivity contribution is -0.137. The van der Waals surface area contributed by atoms with Gasteiger partial charge in [0, 0.05) is 37.1 Å². The Hall–Kier alpha value is -2.44. The van der Waals surface area contributed by atoms with Crippen molar-refractivity contribution in [1.29, 1.82) is 0 Å². The number of fused-ring (bicyclic) bond motifs is 1. The number of nitrogens with one attached hydrogen (secondary N) is 2. The van der Waals surface area contributed by atoms with Crippen molar-refractivity contribution in [3.05, 3.63) is 12.7 Å². The highest BCUT2D eigenvalue weighted by molar-refractivity contribution is 8.13. The Morgan fingerprint density at radius 2 is 1.63 bits per heavy atom. The van der Waals surface area contributed by atoms with Gasteiger partial charge in [0.25, 0.3) is 0 Å².